The van der Waals surface area contributed by atoms with E-state index in [2.05, 4.69) is 36.1 Å². The normalized spacial score (nSPS) is 11.1. The Hall–Kier alpha value is -1.60. The third-order valence-corrected chi connectivity index (χ3v) is 4.10. The van der Waals surface area contributed by atoms with Crippen LogP contribution in [0.25, 0.3) is 10.9 Å². The van der Waals surface area contributed by atoms with Crippen molar-refractivity contribution in [1.29, 1.82) is 0 Å². The number of aryl methyl sites for hydroxylation is 1. The van der Waals surface area contributed by atoms with Crippen LogP contribution in [0.5, 0.6) is 0 Å². The van der Waals surface area contributed by atoms with E-state index in [0.717, 1.165) is 26.1 Å². The van der Waals surface area contributed by atoms with Crippen LogP contribution in [0.1, 0.15) is 5.82 Å². The summed E-state index contributed by atoms with van der Waals surface area (Å²) in [5.41, 5.74) is 7.55. The Labute approximate surface area is 122 Å². The van der Waals surface area contributed by atoms with Crippen LogP contribution >= 0.6 is 27.7 Å². The highest BCUT2D eigenvalue weighted by Gasteiger charge is 2.11. The molecule has 3 rings (SSSR count). The molecule has 0 radical (unpaired) electrons. The zero-order chi connectivity index (χ0) is 13.4. The molecule has 2 aromatic heterocycles. The van der Waals surface area contributed by atoms with E-state index in [4.69, 9.17) is 5.73 Å². The first kappa shape index (κ1) is 12.4. The number of hydrogen-bond acceptors (Lipinski definition) is 5. The van der Waals surface area contributed by atoms with Crippen LogP contribution in [0.3, 0.4) is 0 Å². The van der Waals surface area contributed by atoms with E-state index in [1.165, 1.54) is 11.8 Å². The van der Waals surface area contributed by atoms with Gasteiger partial charge in [0, 0.05) is 14.8 Å². The molecule has 96 valence electrons. The molecule has 3 aromatic rings. The number of nitrogens with one attached hydrogen (secondary N) is 1. The van der Waals surface area contributed by atoms with Crippen LogP contribution in [-0.4, -0.2) is 20.2 Å². The Kier molecular flexibility index (Phi) is 3.16. The molecular weight excluding hydrogens is 326 g/mol. The van der Waals surface area contributed by atoms with Crippen LogP contribution in [0.15, 0.2) is 38.9 Å². The molecule has 0 aliphatic carbocycles. The van der Waals surface area contributed by atoms with Crippen molar-refractivity contribution in [3.05, 3.63) is 34.7 Å². The number of anilines is 1. The van der Waals surface area contributed by atoms with E-state index in [1.54, 1.807) is 6.20 Å². The summed E-state index contributed by atoms with van der Waals surface area (Å²) >= 11 is 4.90. The van der Waals surface area contributed by atoms with Gasteiger partial charge in [0.05, 0.1) is 17.4 Å². The largest absolute Gasteiger partial charge is 0.397 e. The number of pyridine rings is 1. The first-order valence-electron chi connectivity index (χ1n) is 5.54. The number of fused-ring (bicyclic) bond motifs is 1. The summed E-state index contributed by atoms with van der Waals surface area (Å²) in [4.78, 5) is 9.53. The highest BCUT2D eigenvalue weighted by atomic mass is 79.9. The van der Waals surface area contributed by atoms with Crippen molar-refractivity contribution in [2.45, 2.75) is 17.0 Å². The summed E-state index contributed by atoms with van der Waals surface area (Å²) in [6.07, 6.45) is 1.66. The fourth-order valence-corrected chi connectivity index (χ4v) is 2.99. The third kappa shape index (κ3) is 2.43. The highest BCUT2D eigenvalue weighted by molar-refractivity contribution is 9.10. The second-order valence-corrected chi connectivity index (χ2v) is 5.90. The molecule has 5 nitrogen and oxygen atoms in total. The van der Waals surface area contributed by atoms with Crippen molar-refractivity contribution in [2.24, 2.45) is 0 Å². The second kappa shape index (κ2) is 4.82. The van der Waals surface area contributed by atoms with E-state index in [1.807, 2.05) is 25.1 Å². The molecule has 0 aliphatic rings. The number of nitrogen functional groups attached to an aromatic ring is 1. The molecule has 0 aliphatic heterocycles. The van der Waals surface area contributed by atoms with Crippen molar-refractivity contribution in [3.8, 4) is 0 Å². The van der Waals surface area contributed by atoms with E-state index < -0.39 is 0 Å². The van der Waals surface area contributed by atoms with Crippen molar-refractivity contribution < 1.29 is 0 Å². The lowest BCUT2D eigenvalue weighted by Crippen LogP contribution is -1.93. The standard InChI is InChI=1S/C12H10BrN5S/c1-6-16-12(18-17-6)19-11-8-4-7(13)2-3-10(8)15-5-9(11)14/h2-5H,14H2,1H3,(H,16,17,18). The molecule has 0 saturated carbocycles. The number of nitrogens with two attached hydrogens (primary N) is 1. The Morgan fingerprint density at radius 2 is 2.21 bits per heavy atom. The number of benzene rings is 1. The SMILES string of the molecule is Cc1nc(Sc2c(N)cnc3ccc(Br)cc23)n[nH]1. The van der Waals surface area contributed by atoms with Crippen LogP contribution < -0.4 is 5.73 Å². The van der Waals surface area contributed by atoms with Gasteiger partial charge >= 0.3 is 0 Å². The van der Waals surface area contributed by atoms with Crippen LogP contribution in [0.2, 0.25) is 0 Å². The molecule has 2 heterocycles. The zero-order valence-corrected chi connectivity index (χ0v) is 12.4. The van der Waals surface area contributed by atoms with Gasteiger partial charge in [-0.15, -0.1) is 5.10 Å². The first-order chi connectivity index (χ1) is 9.13. The van der Waals surface area contributed by atoms with Crippen LogP contribution in [0.4, 0.5) is 5.69 Å². The molecule has 0 amide bonds. The average molecular weight is 336 g/mol. The number of rotatable bonds is 2. The quantitative estimate of drug-likeness (QED) is 0.751. The summed E-state index contributed by atoms with van der Waals surface area (Å²) in [5.74, 6) is 0.778. The highest BCUT2D eigenvalue weighted by Crippen LogP contribution is 2.36. The Bertz CT molecular complexity index is 750. The molecule has 0 spiro atoms. The predicted octanol–water partition coefficient (Wildman–Crippen LogP) is 3.16. The topological polar surface area (TPSA) is 80.5 Å². The number of halogens is 1. The number of hydrogen-bond donors (Lipinski definition) is 2. The summed E-state index contributed by atoms with van der Waals surface area (Å²) in [7, 11) is 0. The molecule has 19 heavy (non-hydrogen) atoms. The summed E-state index contributed by atoms with van der Waals surface area (Å²) in [6.45, 7) is 1.86. The second-order valence-electron chi connectivity index (χ2n) is 4.01. The fraction of sp³-hybridized carbons (Fsp3) is 0.0833. The maximum atomic E-state index is 6.03. The van der Waals surface area contributed by atoms with Crippen LogP contribution in [0, 0.1) is 6.92 Å². The molecule has 3 N–H and O–H groups in total. The molecule has 1 aromatic carbocycles. The van der Waals surface area contributed by atoms with Gasteiger partial charge in [-0.3, -0.25) is 10.1 Å². The van der Waals surface area contributed by atoms with Gasteiger partial charge in [-0.05, 0) is 36.9 Å². The van der Waals surface area contributed by atoms with E-state index >= 15 is 0 Å². The number of nitrogens with zero attached hydrogens (tertiary/aromatic N) is 3. The maximum Gasteiger partial charge on any atom is 0.213 e. The first-order valence-corrected chi connectivity index (χ1v) is 7.15. The third-order valence-electron chi connectivity index (χ3n) is 2.58. The van der Waals surface area contributed by atoms with Crippen LogP contribution in [-0.2, 0) is 0 Å². The van der Waals surface area contributed by atoms with Gasteiger partial charge in [0.15, 0.2) is 0 Å². The molecule has 0 unspecified atom stereocenters. The average Bonchev–Trinajstić information content (AvgIpc) is 2.79. The number of aromatic nitrogens is 4. The minimum Gasteiger partial charge on any atom is -0.397 e. The molecule has 0 bridgehead atoms. The van der Waals surface area contributed by atoms with Gasteiger partial charge < -0.3 is 5.73 Å². The Balaban J connectivity index is 2.15. The fourth-order valence-electron chi connectivity index (χ4n) is 1.73. The lowest BCUT2D eigenvalue weighted by molar-refractivity contribution is 0.970. The van der Waals surface area contributed by atoms with Crippen molar-refractivity contribution >= 4 is 44.3 Å². The van der Waals surface area contributed by atoms with Gasteiger partial charge in [-0.1, -0.05) is 15.9 Å². The zero-order valence-electron chi connectivity index (χ0n) is 10.0. The van der Waals surface area contributed by atoms with E-state index in [9.17, 15) is 0 Å². The summed E-state index contributed by atoms with van der Waals surface area (Å²) in [6, 6.07) is 5.91. The molecular formula is C12H10BrN5S. The van der Waals surface area contributed by atoms with Crippen molar-refractivity contribution in [2.75, 3.05) is 5.73 Å². The minimum atomic E-state index is 0.623. The molecule has 7 heteroatoms. The number of aromatic amines is 1. The van der Waals surface area contributed by atoms with E-state index in [0.29, 0.717) is 10.8 Å². The van der Waals surface area contributed by atoms with E-state index in [-0.39, 0.29) is 0 Å². The van der Waals surface area contributed by atoms with Gasteiger partial charge in [0.2, 0.25) is 5.16 Å². The van der Waals surface area contributed by atoms with Crippen molar-refractivity contribution in [3.63, 3.8) is 0 Å². The number of H-pyrrole nitrogens is 1. The molecule has 0 fully saturated rings. The smallest absolute Gasteiger partial charge is 0.213 e. The minimum absolute atomic E-state index is 0.623. The molecule has 0 atom stereocenters. The predicted molar refractivity (Wildman–Crippen MR) is 79.1 cm³/mol. The van der Waals surface area contributed by atoms with Gasteiger partial charge in [0.25, 0.3) is 0 Å². The van der Waals surface area contributed by atoms with Crippen molar-refractivity contribution in [1.82, 2.24) is 20.2 Å². The summed E-state index contributed by atoms with van der Waals surface area (Å²) < 4.78 is 0.986. The van der Waals surface area contributed by atoms with Gasteiger partial charge in [0.1, 0.15) is 5.82 Å². The Morgan fingerprint density at radius 3 is 2.95 bits per heavy atom. The maximum absolute atomic E-state index is 6.03. The van der Waals surface area contributed by atoms with Gasteiger partial charge in [-0.2, -0.15) is 0 Å². The summed E-state index contributed by atoms with van der Waals surface area (Å²) in [5, 5.41) is 8.58. The lowest BCUT2D eigenvalue weighted by Gasteiger charge is -2.07. The lowest BCUT2D eigenvalue weighted by atomic mass is 10.2. The molecule has 0 saturated heterocycles. The van der Waals surface area contributed by atoms with Gasteiger partial charge in [-0.25, -0.2) is 4.98 Å². The monoisotopic (exact) mass is 335 g/mol. The Morgan fingerprint density at radius 1 is 1.37 bits per heavy atom.